The topological polar surface area (TPSA) is 66.8 Å². The molecule has 5 heteroatoms. The SMILES string of the molecule is CN(CCC(=O)O)C(=O)CCCOc1ccccc1. The van der Waals surface area contributed by atoms with Gasteiger partial charge in [-0.15, -0.1) is 0 Å². The fraction of sp³-hybridized carbons (Fsp3) is 0.429. The molecule has 1 amide bonds. The number of aliphatic carboxylic acids is 1. The summed E-state index contributed by atoms with van der Waals surface area (Å²) in [6, 6.07) is 9.41. The molecule has 0 spiro atoms. The summed E-state index contributed by atoms with van der Waals surface area (Å²) in [5, 5.41) is 8.53. The van der Waals surface area contributed by atoms with Gasteiger partial charge < -0.3 is 14.7 Å². The Labute approximate surface area is 112 Å². The van der Waals surface area contributed by atoms with E-state index in [0.29, 0.717) is 19.4 Å². The third kappa shape index (κ3) is 6.45. The maximum absolute atomic E-state index is 11.6. The molecule has 0 heterocycles. The first-order valence-corrected chi connectivity index (χ1v) is 6.23. The van der Waals surface area contributed by atoms with Gasteiger partial charge in [0.05, 0.1) is 13.0 Å². The van der Waals surface area contributed by atoms with Crippen molar-refractivity contribution in [2.24, 2.45) is 0 Å². The molecule has 1 N–H and O–H groups in total. The normalized spacial score (nSPS) is 9.95. The molecule has 0 fully saturated rings. The summed E-state index contributed by atoms with van der Waals surface area (Å²) in [5.74, 6) is -0.167. The Morgan fingerprint density at radius 1 is 1.21 bits per heavy atom. The minimum Gasteiger partial charge on any atom is -0.494 e. The number of carbonyl (C=O) groups excluding carboxylic acids is 1. The first-order valence-electron chi connectivity index (χ1n) is 6.23. The van der Waals surface area contributed by atoms with Crippen molar-refractivity contribution < 1.29 is 19.4 Å². The van der Waals surface area contributed by atoms with Crippen molar-refractivity contribution in [3.8, 4) is 5.75 Å². The highest BCUT2D eigenvalue weighted by atomic mass is 16.5. The molecule has 5 nitrogen and oxygen atoms in total. The van der Waals surface area contributed by atoms with E-state index in [9.17, 15) is 9.59 Å². The molecule has 0 aliphatic rings. The lowest BCUT2D eigenvalue weighted by molar-refractivity contribution is -0.138. The van der Waals surface area contributed by atoms with E-state index in [1.165, 1.54) is 4.90 Å². The van der Waals surface area contributed by atoms with E-state index >= 15 is 0 Å². The van der Waals surface area contributed by atoms with Crippen LogP contribution in [0.25, 0.3) is 0 Å². The summed E-state index contributed by atoms with van der Waals surface area (Å²) in [6.07, 6.45) is 0.955. The molecule has 1 aromatic carbocycles. The lowest BCUT2D eigenvalue weighted by Crippen LogP contribution is -2.29. The van der Waals surface area contributed by atoms with Crippen LogP contribution < -0.4 is 4.74 Å². The molecule has 1 aromatic rings. The summed E-state index contributed by atoms with van der Waals surface area (Å²) in [5.41, 5.74) is 0. The number of hydrogen-bond donors (Lipinski definition) is 1. The lowest BCUT2D eigenvalue weighted by atomic mass is 10.3. The Morgan fingerprint density at radius 2 is 1.89 bits per heavy atom. The van der Waals surface area contributed by atoms with Gasteiger partial charge in [0.25, 0.3) is 0 Å². The second-order valence-corrected chi connectivity index (χ2v) is 4.22. The Hall–Kier alpha value is -2.04. The Kier molecular flexibility index (Phi) is 6.43. The summed E-state index contributed by atoms with van der Waals surface area (Å²) < 4.78 is 5.47. The first kappa shape index (κ1) is 15.0. The zero-order valence-electron chi connectivity index (χ0n) is 11.0. The fourth-order valence-electron chi connectivity index (χ4n) is 1.51. The van der Waals surface area contributed by atoms with E-state index in [-0.39, 0.29) is 18.9 Å². The van der Waals surface area contributed by atoms with Crippen molar-refractivity contribution in [3.05, 3.63) is 30.3 Å². The van der Waals surface area contributed by atoms with Gasteiger partial charge in [0, 0.05) is 20.0 Å². The smallest absolute Gasteiger partial charge is 0.305 e. The van der Waals surface area contributed by atoms with Crippen LogP contribution in [0.5, 0.6) is 5.75 Å². The molecular weight excluding hydrogens is 246 g/mol. The first-order chi connectivity index (χ1) is 9.09. The molecule has 0 saturated heterocycles. The average molecular weight is 265 g/mol. The number of carbonyl (C=O) groups is 2. The lowest BCUT2D eigenvalue weighted by Gasteiger charge is -2.15. The zero-order chi connectivity index (χ0) is 14.1. The molecular formula is C14H19NO4. The molecule has 0 atom stereocenters. The highest BCUT2D eigenvalue weighted by Gasteiger charge is 2.09. The van der Waals surface area contributed by atoms with Gasteiger partial charge >= 0.3 is 5.97 Å². The predicted octanol–water partition coefficient (Wildman–Crippen LogP) is 1.78. The van der Waals surface area contributed by atoms with E-state index in [2.05, 4.69) is 0 Å². The number of hydrogen-bond acceptors (Lipinski definition) is 3. The van der Waals surface area contributed by atoms with Gasteiger partial charge in [-0.05, 0) is 18.6 Å². The van der Waals surface area contributed by atoms with Crippen molar-refractivity contribution in [1.29, 1.82) is 0 Å². The van der Waals surface area contributed by atoms with E-state index < -0.39 is 5.97 Å². The quantitative estimate of drug-likeness (QED) is 0.727. The summed E-state index contributed by atoms with van der Waals surface area (Å²) in [6.45, 7) is 0.718. The Morgan fingerprint density at radius 3 is 2.53 bits per heavy atom. The maximum Gasteiger partial charge on any atom is 0.305 e. The van der Waals surface area contributed by atoms with Crippen molar-refractivity contribution in [3.63, 3.8) is 0 Å². The third-order valence-electron chi connectivity index (χ3n) is 2.63. The Bertz CT molecular complexity index is 405. The summed E-state index contributed by atoms with van der Waals surface area (Å²) in [7, 11) is 1.61. The van der Waals surface area contributed by atoms with Crippen LogP contribution in [-0.2, 0) is 9.59 Å². The molecule has 0 aromatic heterocycles. The minimum atomic E-state index is -0.896. The van der Waals surface area contributed by atoms with Crippen LogP contribution in [0.1, 0.15) is 19.3 Å². The van der Waals surface area contributed by atoms with E-state index in [0.717, 1.165) is 5.75 Å². The molecule has 0 aliphatic carbocycles. The number of amides is 1. The Balaban J connectivity index is 2.15. The van der Waals surface area contributed by atoms with Gasteiger partial charge in [-0.25, -0.2) is 0 Å². The molecule has 0 aliphatic heterocycles. The van der Waals surface area contributed by atoms with Crippen LogP contribution >= 0.6 is 0 Å². The van der Waals surface area contributed by atoms with E-state index in [4.69, 9.17) is 9.84 Å². The zero-order valence-corrected chi connectivity index (χ0v) is 11.0. The van der Waals surface area contributed by atoms with Gasteiger partial charge in [0.15, 0.2) is 0 Å². The van der Waals surface area contributed by atoms with Crippen molar-refractivity contribution >= 4 is 11.9 Å². The van der Waals surface area contributed by atoms with Gasteiger partial charge in [-0.1, -0.05) is 18.2 Å². The molecule has 0 unspecified atom stereocenters. The molecule has 1 rings (SSSR count). The van der Waals surface area contributed by atoms with Gasteiger partial charge in [-0.2, -0.15) is 0 Å². The number of benzene rings is 1. The third-order valence-corrected chi connectivity index (χ3v) is 2.63. The summed E-state index contributed by atoms with van der Waals surface area (Å²) in [4.78, 5) is 23.5. The van der Waals surface area contributed by atoms with Crippen molar-refractivity contribution in [2.75, 3.05) is 20.2 Å². The van der Waals surface area contributed by atoms with Crippen LogP contribution in [0.4, 0.5) is 0 Å². The molecule has 0 bridgehead atoms. The van der Waals surface area contributed by atoms with Gasteiger partial charge in [0.1, 0.15) is 5.75 Å². The monoisotopic (exact) mass is 265 g/mol. The fourth-order valence-corrected chi connectivity index (χ4v) is 1.51. The van der Waals surface area contributed by atoms with Crippen LogP contribution in [0.3, 0.4) is 0 Å². The highest BCUT2D eigenvalue weighted by molar-refractivity contribution is 5.76. The summed E-state index contributed by atoms with van der Waals surface area (Å²) >= 11 is 0. The molecule has 0 radical (unpaired) electrons. The van der Waals surface area contributed by atoms with Gasteiger partial charge in [-0.3, -0.25) is 9.59 Å². The van der Waals surface area contributed by atoms with Gasteiger partial charge in [0.2, 0.25) is 5.91 Å². The van der Waals surface area contributed by atoms with Crippen LogP contribution in [0.2, 0.25) is 0 Å². The standard InChI is InChI=1S/C14H19NO4/c1-15(10-9-14(17)18)13(16)8-5-11-19-12-6-3-2-4-7-12/h2-4,6-7H,5,8-11H2,1H3,(H,17,18). The predicted molar refractivity (Wildman–Crippen MR) is 71.1 cm³/mol. The maximum atomic E-state index is 11.6. The molecule has 0 saturated carbocycles. The number of ether oxygens (including phenoxy) is 1. The number of carboxylic acids is 1. The van der Waals surface area contributed by atoms with Crippen LogP contribution in [-0.4, -0.2) is 42.1 Å². The highest BCUT2D eigenvalue weighted by Crippen LogP contribution is 2.09. The van der Waals surface area contributed by atoms with Crippen LogP contribution in [0.15, 0.2) is 30.3 Å². The number of rotatable bonds is 8. The average Bonchev–Trinajstić information content (AvgIpc) is 2.41. The second-order valence-electron chi connectivity index (χ2n) is 4.22. The van der Waals surface area contributed by atoms with E-state index in [1.807, 2.05) is 30.3 Å². The van der Waals surface area contributed by atoms with Crippen LogP contribution in [0, 0.1) is 0 Å². The number of nitrogens with zero attached hydrogens (tertiary/aromatic N) is 1. The molecule has 104 valence electrons. The number of carboxylic acid groups (broad SMARTS) is 1. The largest absolute Gasteiger partial charge is 0.494 e. The number of para-hydroxylation sites is 1. The molecule has 19 heavy (non-hydrogen) atoms. The van der Waals surface area contributed by atoms with Crippen molar-refractivity contribution in [2.45, 2.75) is 19.3 Å². The minimum absolute atomic E-state index is 0.0250. The van der Waals surface area contributed by atoms with E-state index in [1.54, 1.807) is 7.05 Å². The second kappa shape index (κ2) is 8.13. The van der Waals surface area contributed by atoms with Crippen molar-refractivity contribution in [1.82, 2.24) is 4.90 Å².